The standard InChI is InChI=1S/C16H21N5/c1-13-10-14(11-17)12-19-16(13)21-8-6-20(7-9-21)15-4-2-3-5-18-15/h2-5,10,12H,6-9,11,17H2,1H3. The average molecular weight is 283 g/mol. The molecule has 0 spiro atoms. The van der Waals surface area contributed by atoms with Crippen molar-refractivity contribution in [1.29, 1.82) is 0 Å². The summed E-state index contributed by atoms with van der Waals surface area (Å²) in [6.45, 7) is 6.51. The molecule has 3 heterocycles. The summed E-state index contributed by atoms with van der Waals surface area (Å²) >= 11 is 0. The highest BCUT2D eigenvalue weighted by molar-refractivity contribution is 5.50. The normalized spacial score (nSPS) is 15.3. The molecule has 0 amide bonds. The first-order valence-electron chi connectivity index (χ1n) is 7.34. The Morgan fingerprint density at radius 1 is 1.10 bits per heavy atom. The third kappa shape index (κ3) is 2.97. The second-order valence-electron chi connectivity index (χ2n) is 5.35. The molecule has 1 fully saturated rings. The van der Waals surface area contributed by atoms with Crippen LogP contribution in [0.2, 0.25) is 0 Å². The summed E-state index contributed by atoms with van der Waals surface area (Å²) in [4.78, 5) is 13.7. The molecule has 1 saturated heterocycles. The Morgan fingerprint density at radius 2 is 1.86 bits per heavy atom. The second kappa shape index (κ2) is 6.10. The maximum Gasteiger partial charge on any atom is 0.131 e. The summed E-state index contributed by atoms with van der Waals surface area (Å²) in [5, 5.41) is 0. The molecule has 3 rings (SSSR count). The van der Waals surface area contributed by atoms with Gasteiger partial charge in [0, 0.05) is 45.1 Å². The van der Waals surface area contributed by atoms with Crippen LogP contribution in [0.1, 0.15) is 11.1 Å². The van der Waals surface area contributed by atoms with Gasteiger partial charge in [0.2, 0.25) is 0 Å². The lowest BCUT2D eigenvalue weighted by atomic mass is 10.2. The number of anilines is 2. The van der Waals surface area contributed by atoms with Gasteiger partial charge in [-0.05, 0) is 36.2 Å². The van der Waals surface area contributed by atoms with E-state index in [1.165, 1.54) is 5.56 Å². The Morgan fingerprint density at radius 3 is 2.48 bits per heavy atom. The van der Waals surface area contributed by atoms with Crippen LogP contribution in [0.4, 0.5) is 11.6 Å². The Balaban J connectivity index is 1.68. The largest absolute Gasteiger partial charge is 0.353 e. The van der Waals surface area contributed by atoms with Crippen molar-refractivity contribution in [3.8, 4) is 0 Å². The Bertz CT molecular complexity index is 591. The molecule has 0 bridgehead atoms. The lowest BCUT2D eigenvalue weighted by Crippen LogP contribution is -2.47. The summed E-state index contributed by atoms with van der Waals surface area (Å²) in [6, 6.07) is 8.18. The minimum atomic E-state index is 0.543. The van der Waals surface area contributed by atoms with Crippen LogP contribution < -0.4 is 15.5 Å². The van der Waals surface area contributed by atoms with Crippen molar-refractivity contribution >= 4 is 11.6 Å². The first-order valence-corrected chi connectivity index (χ1v) is 7.34. The van der Waals surface area contributed by atoms with Crippen LogP contribution in [0.3, 0.4) is 0 Å². The van der Waals surface area contributed by atoms with Crippen molar-refractivity contribution in [2.24, 2.45) is 5.73 Å². The molecule has 1 aliphatic heterocycles. The van der Waals surface area contributed by atoms with Crippen LogP contribution in [0.25, 0.3) is 0 Å². The van der Waals surface area contributed by atoms with Gasteiger partial charge in [-0.25, -0.2) is 9.97 Å². The summed E-state index contributed by atoms with van der Waals surface area (Å²) in [6.07, 6.45) is 3.73. The number of aromatic nitrogens is 2. The molecular weight excluding hydrogens is 262 g/mol. The van der Waals surface area contributed by atoms with Crippen LogP contribution in [0, 0.1) is 6.92 Å². The molecule has 21 heavy (non-hydrogen) atoms. The van der Waals surface area contributed by atoms with Gasteiger partial charge < -0.3 is 15.5 Å². The molecule has 5 heteroatoms. The Kier molecular flexibility index (Phi) is 4.01. The number of rotatable bonds is 3. The fourth-order valence-electron chi connectivity index (χ4n) is 2.76. The Labute approximate surface area is 125 Å². The highest BCUT2D eigenvalue weighted by Crippen LogP contribution is 2.21. The van der Waals surface area contributed by atoms with Crippen molar-refractivity contribution in [3.63, 3.8) is 0 Å². The maximum absolute atomic E-state index is 5.66. The van der Waals surface area contributed by atoms with Crippen molar-refractivity contribution in [2.45, 2.75) is 13.5 Å². The van der Waals surface area contributed by atoms with Crippen LogP contribution in [0.15, 0.2) is 36.7 Å². The van der Waals surface area contributed by atoms with Crippen molar-refractivity contribution in [2.75, 3.05) is 36.0 Å². The predicted molar refractivity (Wildman–Crippen MR) is 85.5 cm³/mol. The fraction of sp³-hybridized carbons (Fsp3) is 0.375. The molecule has 2 aromatic heterocycles. The summed E-state index contributed by atoms with van der Waals surface area (Å²) in [7, 11) is 0. The van der Waals surface area contributed by atoms with Crippen molar-refractivity contribution in [3.05, 3.63) is 47.8 Å². The molecule has 0 saturated carbocycles. The van der Waals surface area contributed by atoms with E-state index < -0.39 is 0 Å². The average Bonchev–Trinajstić information content (AvgIpc) is 2.56. The van der Waals surface area contributed by atoms with E-state index >= 15 is 0 Å². The first-order chi connectivity index (χ1) is 10.3. The maximum atomic E-state index is 5.66. The highest BCUT2D eigenvalue weighted by Gasteiger charge is 2.20. The molecule has 0 aromatic carbocycles. The van der Waals surface area contributed by atoms with Crippen molar-refractivity contribution < 1.29 is 0 Å². The molecule has 0 unspecified atom stereocenters. The molecular formula is C16H21N5. The Hall–Kier alpha value is -2.14. The van der Waals surface area contributed by atoms with E-state index in [2.05, 4.69) is 38.8 Å². The first kappa shape index (κ1) is 13.8. The molecule has 0 aliphatic carbocycles. The number of nitrogens with two attached hydrogens (primary N) is 1. The zero-order valence-corrected chi connectivity index (χ0v) is 12.4. The summed E-state index contributed by atoms with van der Waals surface area (Å²) in [5.41, 5.74) is 7.95. The zero-order valence-electron chi connectivity index (χ0n) is 12.4. The lowest BCUT2D eigenvalue weighted by molar-refractivity contribution is 0.640. The monoisotopic (exact) mass is 283 g/mol. The van der Waals surface area contributed by atoms with E-state index in [9.17, 15) is 0 Å². The molecule has 0 atom stereocenters. The van der Waals surface area contributed by atoms with Gasteiger partial charge in [0.05, 0.1) is 0 Å². The molecule has 2 aromatic rings. The van der Waals surface area contributed by atoms with E-state index in [-0.39, 0.29) is 0 Å². The molecule has 2 N–H and O–H groups in total. The fourth-order valence-corrected chi connectivity index (χ4v) is 2.76. The zero-order chi connectivity index (χ0) is 14.7. The van der Waals surface area contributed by atoms with Gasteiger partial charge in [0.25, 0.3) is 0 Å². The van der Waals surface area contributed by atoms with Gasteiger partial charge in [0.15, 0.2) is 0 Å². The van der Waals surface area contributed by atoms with Gasteiger partial charge >= 0.3 is 0 Å². The van der Waals surface area contributed by atoms with Crippen LogP contribution >= 0.6 is 0 Å². The van der Waals surface area contributed by atoms with E-state index in [0.717, 1.165) is 43.4 Å². The van der Waals surface area contributed by atoms with Crippen LogP contribution in [-0.2, 0) is 6.54 Å². The van der Waals surface area contributed by atoms with Gasteiger partial charge in [-0.15, -0.1) is 0 Å². The third-order valence-electron chi connectivity index (χ3n) is 3.90. The van der Waals surface area contributed by atoms with Gasteiger partial charge in [0.1, 0.15) is 11.6 Å². The number of pyridine rings is 2. The molecule has 0 radical (unpaired) electrons. The predicted octanol–water partition coefficient (Wildman–Crippen LogP) is 1.57. The lowest BCUT2D eigenvalue weighted by Gasteiger charge is -2.36. The smallest absolute Gasteiger partial charge is 0.131 e. The van der Waals surface area contributed by atoms with Crippen LogP contribution in [0.5, 0.6) is 0 Å². The van der Waals surface area contributed by atoms with E-state index in [1.54, 1.807) is 0 Å². The van der Waals surface area contributed by atoms with E-state index in [0.29, 0.717) is 6.54 Å². The quantitative estimate of drug-likeness (QED) is 0.926. The second-order valence-corrected chi connectivity index (χ2v) is 5.35. The SMILES string of the molecule is Cc1cc(CN)cnc1N1CCN(c2ccccn2)CC1. The molecule has 5 nitrogen and oxygen atoms in total. The number of aryl methyl sites for hydroxylation is 1. The molecule has 110 valence electrons. The van der Waals surface area contributed by atoms with E-state index in [4.69, 9.17) is 5.73 Å². The minimum Gasteiger partial charge on any atom is -0.353 e. The number of hydrogen-bond donors (Lipinski definition) is 1. The summed E-state index contributed by atoms with van der Waals surface area (Å²) < 4.78 is 0. The van der Waals surface area contributed by atoms with Gasteiger partial charge in [-0.3, -0.25) is 0 Å². The van der Waals surface area contributed by atoms with Crippen LogP contribution in [-0.4, -0.2) is 36.1 Å². The van der Waals surface area contributed by atoms with Gasteiger partial charge in [-0.1, -0.05) is 6.07 Å². The highest BCUT2D eigenvalue weighted by atomic mass is 15.3. The topological polar surface area (TPSA) is 58.3 Å². The number of piperazine rings is 1. The summed E-state index contributed by atoms with van der Waals surface area (Å²) in [5.74, 6) is 2.13. The van der Waals surface area contributed by atoms with E-state index in [1.807, 2.05) is 24.5 Å². The minimum absolute atomic E-state index is 0.543. The number of nitrogens with zero attached hydrogens (tertiary/aromatic N) is 4. The molecule has 1 aliphatic rings. The van der Waals surface area contributed by atoms with Crippen molar-refractivity contribution in [1.82, 2.24) is 9.97 Å². The van der Waals surface area contributed by atoms with Gasteiger partial charge in [-0.2, -0.15) is 0 Å². The third-order valence-corrected chi connectivity index (χ3v) is 3.90. The number of hydrogen-bond acceptors (Lipinski definition) is 5.